The molecule has 0 saturated carbocycles. The van der Waals surface area contributed by atoms with Crippen LogP contribution in [0, 0.1) is 19.8 Å². The van der Waals surface area contributed by atoms with Crippen LogP contribution in [0.4, 0.5) is 5.69 Å². The van der Waals surface area contributed by atoms with Crippen molar-refractivity contribution >= 4 is 11.6 Å². The van der Waals surface area contributed by atoms with Crippen molar-refractivity contribution in [2.75, 3.05) is 12.4 Å². The number of nitrogens with two attached hydrogens (primary N) is 1. The normalized spacial score (nSPS) is 10.9. The lowest BCUT2D eigenvalue weighted by Gasteiger charge is -2.21. The number of methoxy groups -OCH3 is 1. The zero-order valence-corrected chi connectivity index (χ0v) is 19.0. The summed E-state index contributed by atoms with van der Waals surface area (Å²) < 4.78 is 5.26. The van der Waals surface area contributed by atoms with Crippen LogP contribution >= 0.6 is 0 Å². The predicted molar refractivity (Wildman–Crippen MR) is 127 cm³/mol. The Morgan fingerprint density at radius 1 is 1.13 bits per heavy atom. The van der Waals surface area contributed by atoms with Gasteiger partial charge in [0.05, 0.1) is 18.5 Å². The van der Waals surface area contributed by atoms with Crippen molar-refractivity contribution in [1.82, 2.24) is 4.98 Å². The monoisotopic (exact) mass is 417 g/mol. The topological polar surface area (TPSA) is 77.2 Å². The molecule has 1 heterocycles. The number of hydrogen-bond donors (Lipinski definition) is 2. The molecule has 1 aromatic heterocycles. The van der Waals surface area contributed by atoms with E-state index >= 15 is 0 Å². The summed E-state index contributed by atoms with van der Waals surface area (Å²) in [6, 6.07) is 15.4. The lowest BCUT2D eigenvalue weighted by atomic mass is 9.92. The summed E-state index contributed by atoms with van der Waals surface area (Å²) in [4.78, 5) is 18.0. The molecule has 0 unspecified atom stereocenters. The molecule has 0 bridgehead atoms. The third-order valence-corrected chi connectivity index (χ3v) is 5.28. The van der Waals surface area contributed by atoms with Crippen LogP contribution in [0.1, 0.15) is 46.7 Å². The number of aryl methyl sites for hydroxylation is 2. The molecule has 3 aromatic rings. The molecular weight excluding hydrogens is 386 g/mol. The van der Waals surface area contributed by atoms with E-state index in [-0.39, 0.29) is 5.91 Å². The highest BCUT2D eigenvalue weighted by molar-refractivity contribution is 6.07. The van der Waals surface area contributed by atoms with E-state index in [9.17, 15) is 4.79 Å². The molecule has 1 amide bonds. The Bertz CT molecular complexity index is 1070. The first-order valence-corrected chi connectivity index (χ1v) is 10.6. The summed E-state index contributed by atoms with van der Waals surface area (Å²) >= 11 is 0. The molecular formula is C26H31N3O2. The maximum absolute atomic E-state index is 13.1. The van der Waals surface area contributed by atoms with E-state index in [1.807, 2.05) is 13.0 Å². The molecule has 0 fully saturated rings. The lowest BCUT2D eigenvalue weighted by molar-refractivity contribution is 0.102. The van der Waals surface area contributed by atoms with Gasteiger partial charge in [-0.1, -0.05) is 49.7 Å². The predicted octanol–water partition coefficient (Wildman–Crippen LogP) is 5.28. The van der Waals surface area contributed by atoms with Gasteiger partial charge in [-0.05, 0) is 55.5 Å². The van der Waals surface area contributed by atoms with Gasteiger partial charge in [0.15, 0.2) is 0 Å². The maximum Gasteiger partial charge on any atom is 0.255 e. The van der Waals surface area contributed by atoms with Crippen molar-refractivity contribution in [2.24, 2.45) is 11.7 Å². The summed E-state index contributed by atoms with van der Waals surface area (Å²) in [6.07, 6.45) is 0.830. The van der Waals surface area contributed by atoms with E-state index in [2.05, 4.69) is 50.4 Å². The minimum Gasteiger partial charge on any atom is -0.497 e. The molecule has 0 atom stereocenters. The Morgan fingerprint density at radius 2 is 1.84 bits per heavy atom. The highest BCUT2D eigenvalue weighted by Gasteiger charge is 2.21. The van der Waals surface area contributed by atoms with E-state index in [0.29, 0.717) is 29.5 Å². The van der Waals surface area contributed by atoms with Crippen molar-refractivity contribution in [3.63, 3.8) is 0 Å². The number of ether oxygens (including phenoxy) is 1. The van der Waals surface area contributed by atoms with E-state index in [1.54, 1.807) is 25.3 Å². The number of nitrogens with one attached hydrogen (secondary N) is 1. The van der Waals surface area contributed by atoms with Crippen LogP contribution in [-0.2, 0) is 13.0 Å². The fraction of sp³-hybridized carbons (Fsp3) is 0.308. The van der Waals surface area contributed by atoms with Crippen molar-refractivity contribution < 1.29 is 9.53 Å². The minimum atomic E-state index is -0.211. The fourth-order valence-corrected chi connectivity index (χ4v) is 3.72. The molecule has 0 aliphatic rings. The van der Waals surface area contributed by atoms with Crippen LogP contribution in [0.3, 0.4) is 0 Å². The summed E-state index contributed by atoms with van der Waals surface area (Å²) in [5.41, 5.74) is 13.3. The van der Waals surface area contributed by atoms with Gasteiger partial charge in [0.25, 0.3) is 5.91 Å². The Labute approximate surface area is 184 Å². The Morgan fingerprint density at radius 3 is 2.45 bits per heavy atom. The highest BCUT2D eigenvalue weighted by atomic mass is 16.5. The fourth-order valence-electron chi connectivity index (χ4n) is 3.72. The van der Waals surface area contributed by atoms with Gasteiger partial charge in [-0.25, -0.2) is 0 Å². The first kappa shape index (κ1) is 22.5. The van der Waals surface area contributed by atoms with Gasteiger partial charge in [-0.2, -0.15) is 0 Å². The number of hydrogen-bond acceptors (Lipinski definition) is 4. The van der Waals surface area contributed by atoms with Crippen LogP contribution in [0.25, 0.3) is 11.1 Å². The Kier molecular flexibility index (Phi) is 7.08. The average molecular weight is 418 g/mol. The molecule has 0 radical (unpaired) electrons. The molecule has 0 aliphatic carbocycles. The Balaban J connectivity index is 2.15. The molecule has 2 aromatic carbocycles. The summed E-state index contributed by atoms with van der Waals surface area (Å²) in [5, 5.41) is 3.10. The number of benzene rings is 2. The van der Waals surface area contributed by atoms with Crippen molar-refractivity contribution in [3.05, 3.63) is 76.6 Å². The quantitative estimate of drug-likeness (QED) is 0.548. The molecule has 5 heteroatoms. The molecule has 0 spiro atoms. The van der Waals surface area contributed by atoms with Gasteiger partial charge in [0.2, 0.25) is 0 Å². The van der Waals surface area contributed by atoms with Crippen LogP contribution in [-0.4, -0.2) is 18.0 Å². The third-order valence-electron chi connectivity index (χ3n) is 5.28. The summed E-state index contributed by atoms with van der Waals surface area (Å²) in [6.45, 7) is 8.67. The highest BCUT2D eigenvalue weighted by Crippen LogP contribution is 2.36. The van der Waals surface area contributed by atoms with Gasteiger partial charge in [-0.15, -0.1) is 0 Å². The number of carbonyl (C=O) groups is 1. The number of amides is 1. The SMILES string of the molecule is COc1cccc(C(=O)Nc2c(C)nc(CC(C)C)c(CN)c2-c2ccc(C)cc2)c1. The Hall–Kier alpha value is -3.18. The van der Waals surface area contributed by atoms with E-state index in [0.717, 1.165) is 34.5 Å². The standard InChI is InChI=1S/C26H31N3O2/c1-16(2)13-23-22(15-27)24(19-11-9-17(3)10-12-19)25(18(4)28-23)29-26(30)20-7-6-8-21(14-20)31-5/h6-12,14,16H,13,15,27H2,1-5H3,(H,29,30). The zero-order chi connectivity index (χ0) is 22.5. The number of aromatic nitrogens is 1. The number of nitrogens with zero attached hydrogens (tertiary/aromatic N) is 1. The van der Waals surface area contributed by atoms with Gasteiger partial charge in [0.1, 0.15) is 5.75 Å². The van der Waals surface area contributed by atoms with Crippen LogP contribution < -0.4 is 15.8 Å². The van der Waals surface area contributed by atoms with Crippen molar-refractivity contribution in [2.45, 2.75) is 40.7 Å². The average Bonchev–Trinajstić information content (AvgIpc) is 2.75. The third kappa shape index (κ3) is 5.12. The van der Waals surface area contributed by atoms with Crippen molar-refractivity contribution in [1.29, 1.82) is 0 Å². The second-order valence-electron chi connectivity index (χ2n) is 8.23. The summed E-state index contributed by atoms with van der Waals surface area (Å²) in [7, 11) is 1.58. The second-order valence-corrected chi connectivity index (χ2v) is 8.23. The largest absolute Gasteiger partial charge is 0.497 e. The maximum atomic E-state index is 13.1. The minimum absolute atomic E-state index is 0.211. The van der Waals surface area contributed by atoms with Crippen LogP contribution in [0.2, 0.25) is 0 Å². The molecule has 3 N–H and O–H groups in total. The molecule has 3 rings (SSSR count). The van der Waals surface area contributed by atoms with Gasteiger partial charge in [-0.3, -0.25) is 9.78 Å². The molecule has 5 nitrogen and oxygen atoms in total. The second kappa shape index (κ2) is 9.75. The van der Waals surface area contributed by atoms with E-state index in [1.165, 1.54) is 5.56 Å². The van der Waals surface area contributed by atoms with E-state index < -0.39 is 0 Å². The van der Waals surface area contributed by atoms with Gasteiger partial charge in [0, 0.05) is 23.4 Å². The first-order valence-electron chi connectivity index (χ1n) is 10.6. The number of anilines is 1. The van der Waals surface area contributed by atoms with Crippen molar-refractivity contribution in [3.8, 4) is 16.9 Å². The van der Waals surface area contributed by atoms with Gasteiger partial charge >= 0.3 is 0 Å². The number of carbonyl (C=O) groups excluding carboxylic acids is 1. The van der Waals surface area contributed by atoms with Crippen LogP contribution in [0.5, 0.6) is 5.75 Å². The molecule has 0 aliphatic heterocycles. The van der Waals surface area contributed by atoms with Crippen LogP contribution in [0.15, 0.2) is 48.5 Å². The number of rotatable bonds is 7. The van der Waals surface area contributed by atoms with Gasteiger partial charge < -0.3 is 15.8 Å². The lowest BCUT2D eigenvalue weighted by Crippen LogP contribution is -2.18. The smallest absolute Gasteiger partial charge is 0.255 e. The molecule has 31 heavy (non-hydrogen) atoms. The molecule has 0 saturated heterocycles. The van der Waals surface area contributed by atoms with E-state index in [4.69, 9.17) is 15.5 Å². The molecule has 162 valence electrons. The first-order chi connectivity index (χ1) is 14.8. The zero-order valence-electron chi connectivity index (χ0n) is 19.0. The number of pyridine rings is 1. The summed E-state index contributed by atoms with van der Waals surface area (Å²) in [5.74, 6) is 0.869.